The fourth-order valence-corrected chi connectivity index (χ4v) is 4.88. The first-order valence-electron chi connectivity index (χ1n) is 7.72. The molecule has 2 fully saturated rings. The van der Waals surface area contributed by atoms with Gasteiger partial charge in [0.25, 0.3) is 0 Å². The van der Waals surface area contributed by atoms with Crippen molar-refractivity contribution in [3.8, 4) is 0 Å². The average molecular weight is 310 g/mol. The van der Waals surface area contributed by atoms with Crippen LogP contribution in [0.4, 0.5) is 10.7 Å². The van der Waals surface area contributed by atoms with Gasteiger partial charge in [-0.2, -0.15) is 0 Å². The molecule has 1 aliphatic heterocycles. The first-order valence-corrected chi connectivity index (χ1v) is 8.54. The van der Waals surface area contributed by atoms with E-state index >= 15 is 0 Å². The van der Waals surface area contributed by atoms with Gasteiger partial charge in [-0.25, -0.2) is 0 Å². The monoisotopic (exact) mass is 310 g/mol. The van der Waals surface area contributed by atoms with E-state index in [1.54, 1.807) is 6.92 Å². The van der Waals surface area contributed by atoms with Gasteiger partial charge in [-0.3, -0.25) is 10.1 Å². The molecule has 0 bridgehead atoms. The van der Waals surface area contributed by atoms with Crippen molar-refractivity contribution in [3.63, 3.8) is 0 Å². The van der Waals surface area contributed by atoms with Crippen molar-refractivity contribution >= 4 is 22.0 Å². The number of hydrogen-bond acceptors (Lipinski definition) is 5. The standard InChI is InChI=1S/C15H22N2O3S/c1-11(18)13-10-12(17(19)20)14(21-13)16-8-6-15(7-9-16)4-2-3-5-15/h10-11,18H,2-9H2,1H3. The molecule has 1 aromatic rings. The Labute approximate surface area is 128 Å². The topological polar surface area (TPSA) is 66.6 Å². The third-order valence-corrected chi connectivity index (χ3v) is 6.45. The second kappa shape index (κ2) is 5.57. The van der Waals surface area contributed by atoms with E-state index in [2.05, 4.69) is 4.90 Å². The normalized spacial score (nSPS) is 22.7. The molecule has 116 valence electrons. The van der Waals surface area contributed by atoms with Crippen molar-refractivity contribution < 1.29 is 10.0 Å². The second-order valence-corrected chi connectivity index (χ2v) is 7.53. The fourth-order valence-electron chi connectivity index (χ4n) is 3.76. The van der Waals surface area contributed by atoms with Gasteiger partial charge >= 0.3 is 5.69 Å². The number of nitro groups is 1. The van der Waals surface area contributed by atoms with E-state index in [9.17, 15) is 15.2 Å². The molecule has 1 saturated heterocycles. The minimum Gasteiger partial charge on any atom is -0.388 e. The molecular formula is C15H22N2O3S. The lowest BCUT2D eigenvalue weighted by atomic mass is 9.77. The van der Waals surface area contributed by atoms with Crippen molar-refractivity contribution in [2.45, 2.75) is 51.6 Å². The predicted molar refractivity (Wildman–Crippen MR) is 84.0 cm³/mol. The highest BCUT2D eigenvalue weighted by atomic mass is 32.1. The Hall–Kier alpha value is -1.14. The minimum absolute atomic E-state index is 0.151. The third-order valence-electron chi connectivity index (χ3n) is 5.10. The van der Waals surface area contributed by atoms with Gasteiger partial charge in [0.05, 0.1) is 11.0 Å². The zero-order valence-electron chi connectivity index (χ0n) is 12.4. The molecule has 1 saturated carbocycles. The largest absolute Gasteiger partial charge is 0.388 e. The van der Waals surface area contributed by atoms with Crippen LogP contribution < -0.4 is 4.90 Å². The maximum absolute atomic E-state index is 11.3. The summed E-state index contributed by atoms with van der Waals surface area (Å²) in [5.41, 5.74) is 0.661. The molecule has 1 atom stereocenters. The molecule has 1 N–H and O–H groups in total. The van der Waals surface area contributed by atoms with Crippen LogP contribution in [0.3, 0.4) is 0 Å². The van der Waals surface area contributed by atoms with E-state index in [4.69, 9.17) is 0 Å². The van der Waals surface area contributed by atoms with Crippen LogP contribution >= 0.6 is 11.3 Å². The molecule has 1 spiro atoms. The molecule has 0 amide bonds. The number of piperidine rings is 1. The van der Waals surface area contributed by atoms with Gasteiger partial charge in [0.1, 0.15) is 0 Å². The quantitative estimate of drug-likeness (QED) is 0.680. The first kappa shape index (κ1) is 14.8. The molecule has 5 nitrogen and oxygen atoms in total. The zero-order valence-corrected chi connectivity index (χ0v) is 13.2. The third kappa shape index (κ3) is 2.79. The van der Waals surface area contributed by atoms with Gasteiger partial charge in [0.2, 0.25) is 0 Å². The molecule has 2 heterocycles. The Kier molecular flexibility index (Phi) is 3.92. The lowest BCUT2D eigenvalue weighted by molar-refractivity contribution is -0.383. The van der Waals surface area contributed by atoms with Gasteiger partial charge in [-0.15, -0.1) is 11.3 Å². The molecule has 6 heteroatoms. The summed E-state index contributed by atoms with van der Waals surface area (Å²) < 4.78 is 0. The summed E-state index contributed by atoms with van der Waals surface area (Å²) in [4.78, 5) is 13.8. The predicted octanol–water partition coefficient (Wildman–Crippen LogP) is 3.87. The van der Waals surface area contributed by atoms with Crippen molar-refractivity contribution in [3.05, 3.63) is 21.1 Å². The summed E-state index contributed by atoms with van der Waals surface area (Å²) in [6.45, 7) is 3.46. The number of nitrogens with zero attached hydrogens (tertiary/aromatic N) is 2. The van der Waals surface area contributed by atoms with Crippen LogP contribution in [0.25, 0.3) is 0 Å². The summed E-state index contributed by atoms with van der Waals surface area (Å²) in [7, 11) is 0. The lowest BCUT2D eigenvalue weighted by Gasteiger charge is -2.39. The van der Waals surface area contributed by atoms with E-state index in [-0.39, 0.29) is 10.6 Å². The number of thiophene rings is 1. The van der Waals surface area contributed by atoms with E-state index in [0.717, 1.165) is 30.9 Å². The number of rotatable bonds is 3. The van der Waals surface area contributed by atoms with E-state index < -0.39 is 6.10 Å². The van der Waals surface area contributed by atoms with Crippen LogP contribution in [0.1, 0.15) is 56.4 Å². The van der Waals surface area contributed by atoms with Crippen LogP contribution in [-0.2, 0) is 0 Å². The van der Waals surface area contributed by atoms with E-state index in [0.29, 0.717) is 10.3 Å². The summed E-state index contributed by atoms with van der Waals surface area (Å²) >= 11 is 1.37. The van der Waals surface area contributed by atoms with Crippen molar-refractivity contribution in [1.29, 1.82) is 0 Å². The van der Waals surface area contributed by atoms with Crippen molar-refractivity contribution in [1.82, 2.24) is 0 Å². The highest BCUT2D eigenvalue weighted by Gasteiger charge is 2.38. The molecule has 3 rings (SSSR count). The van der Waals surface area contributed by atoms with Crippen LogP contribution in [0, 0.1) is 15.5 Å². The van der Waals surface area contributed by atoms with Crippen LogP contribution in [0.5, 0.6) is 0 Å². The Morgan fingerprint density at radius 1 is 1.33 bits per heavy atom. The molecule has 21 heavy (non-hydrogen) atoms. The van der Waals surface area contributed by atoms with Crippen molar-refractivity contribution in [2.75, 3.05) is 18.0 Å². The van der Waals surface area contributed by atoms with Gasteiger partial charge < -0.3 is 10.0 Å². The molecule has 0 aromatic carbocycles. The van der Waals surface area contributed by atoms with Gasteiger partial charge in [0.15, 0.2) is 5.00 Å². The number of hydrogen-bond donors (Lipinski definition) is 1. The molecule has 2 aliphatic rings. The molecule has 1 aromatic heterocycles. The van der Waals surface area contributed by atoms with Crippen LogP contribution in [0.15, 0.2) is 6.07 Å². The summed E-state index contributed by atoms with van der Waals surface area (Å²) in [5, 5.41) is 21.7. The summed E-state index contributed by atoms with van der Waals surface area (Å²) in [5.74, 6) is 0. The fraction of sp³-hybridized carbons (Fsp3) is 0.733. The molecule has 1 unspecified atom stereocenters. The Balaban J connectivity index is 1.79. The Morgan fingerprint density at radius 2 is 1.95 bits per heavy atom. The maximum Gasteiger partial charge on any atom is 0.304 e. The van der Waals surface area contributed by atoms with Gasteiger partial charge in [-0.05, 0) is 38.0 Å². The molecular weight excluding hydrogens is 288 g/mol. The highest BCUT2D eigenvalue weighted by molar-refractivity contribution is 7.16. The van der Waals surface area contributed by atoms with E-state index in [1.807, 2.05) is 0 Å². The lowest BCUT2D eigenvalue weighted by Crippen LogP contribution is -2.38. The highest BCUT2D eigenvalue weighted by Crippen LogP contribution is 2.49. The smallest absolute Gasteiger partial charge is 0.304 e. The number of aliphatic hydroxyl groups is 1. The SMILES string of the molecule is CC(O)c1cc([N+](=O)[O-])c(N2CCC3(CCCC3)CC2)s1. The second-order valence-electron chi connectivity index (χ2n) is 6.47. The molecule has 0 radical (unpaired) electrons. The molecule has 1 aliphatic carbocycles. The Morgan fingerprint density at radius 3 is 2.48 bits per heavy atom. The number of aliphatic hydroxyl groups excluding tert-OH is 1. The maximum atomic E-state index is 11.3. The van der Waals surface area contributed by atoms with Gasteiger partial charge in [0, 0.05) is 24.0 Å². The summed E-state index contributed by atoms with van der Waals surface area (Å²) in [6.07, 6.45) is 6.97. The van der Waals surface area contributed by atoms with E-state index in [1.165, 1.54) is 43.1 Å². The summed E-state index contributed by atoms with van der Waals surface area (Å²) in [6, 6.07) is 1.53. The number of anilines is 1. The van der Waals surface area contributed by atoms with Crippen LogP contribution in [-0.4, -0.2) is 23.1 Å². The average Bonchev–Trinajstić information content (AvgIpc) is 3.07. The minimum atomic E-state index is -0.645. The van der Waals surface area contributed by atoms with Crippen LogP contribution in [0.2, 0.25) is 0 Å². The van der Waals surface area contributed by atoms with Crippen molar-refractivity contribution in [2.24, 2.45) is 5.41 Å². The Bertz CT molecular complexity index is 525. The van der Waals surface area contributed by atoms with Gasteiger partial charge in [-0.1, -0.05) is 12.8 Å². The first-order chi connectivity index (χ1) is 10.0. The zero-order chi connectivity index (χ0) is 15.0.